The Balaban J connectivity index is 1.47. The van der Waals surface area contributed by atoms with Crippen molar-refractivity contribution in [2.45, 2.75) is 0 Å². The molecule has 0 spiro atoms. The van der Waals surface area contributed by atoms with E-state index in [2.05, 4.69) is 5.32 Å². The molecule has 0 bridgehead atoms. The normalized spacial score (nSPS) is 14.8. The van der Waals surface area contributed by atoms with Gasteiger partial charge in [-0.2, -0.15) is 0 Å². The molecule has 0 unspecified atom stereocenters. The second-order valence-corrected chi connectivity index (χ2v) is 9.57. The second-order valence-electron chi connectivity index (χ2n) is 9.57. The van der Waals surface area contributed by atoms with Gasteiger partial charge in [0.15, 0.2) is 0 Å². The molecule has 7 heteroatoms. The van der Waals surface area contributed by atoms with Crippen LogP contribution in [0.1, 0.15) is 41.4 Å². The number of methoxy groups -OCH3 is 1. The fourth-order valence-corrected chi connectivity index (χ4v) is 6.16. The van der Waals surface area contributed by atoms with E-state index in [4.69, 9.17) is 4.74 Å². The van der Waals surface area contributed by atoms with Crippen molar-refractivity contribution in [2.75, 3.05) is 12.0 Å². The molecule has 7 nitrogen and oxygen atoms in total. The fraction of sp³-hybridized carbons (Fsp3) is 0.0323. The molecule has 38 heavy (non-hydrogen) atoms. The van der Waals surface area contributed by atoms with E-state index < -0.39 is 23.6 Å². The van der Waals surface area contributed by atoms with E-state index in [0.29, 0.717) is 44.5 Å². The number of amides is 4. The van der Waals surface area contributed by atoms with Crippen LogP contribution in [0.15, 0.2) is 72.8 Å². The van der Waals surface area contributed by atoms with Crippen molar-refractivity contribution < 1.29 is 23.9 Å². The second kappa shape index (κ2) is 6.92. The fourth-order valence-electron chi connectivity index (χ4n) is 6.16. The number of fused-ring (bicyclic) bond motifs is 2. The van der Waals surface area contributed by atoms with Crippen molar-refractivity contribution in [1.29, 1.82) is 0 Å². The van der Waals surface area contributed by atoms with E-state index in [1.165, 1.54) is 4.90 Å². The summed E-state index contributed by atoms with van der Waals surface area (Å²) >= 11 is 0. The van der Waals surface area contributed by atoms with Crippen molar-refractivity contribution in [3.05, 3.63) is 95.1 Å². The number of anilines is 1. The molecule has 180 valence electrons. The zero-order chi connectivity index (χ0) is 25.9. The molecular weight excluding hydrogens is 480 g/mol. The summed E-state index contributed by atoms with van der Waals surface area (Å²) in [5.41, 5.74) is 2.26. The van der Waals surface area contributed by atoms with E-state index in [9.17, 15) is 19.2 Å². The third-order valence-electron chi connectivity index (χ3n) is 7.82. The molecule has 0 saturated heterocycles. The Labute approximate surface area is 214 Å². The maximum Gasteiger partial charge on any atom is 0.265 e. The van der Waals surface area contributed by atoms with Crippen molar-refractivity contribution >= 4 is 72.4 Å². The number of hydrogen-bond donors (Lipinski definition) is 1. The first-order valence-electron chi connectivity index (χ1n) is 12.1. The first-order chi connectivity index (χ1) is 18.5. The van der Waals surface area contributed by atoms with Gasteiger partial charge in [0.25, 0.3) is 23.6 Å². The van der Waals surface area contributed by atoms with Crippen LogP contribution in [-0.4, -0.2) is 30.7 Å². The predicted molar refractivity (Wildman–Crippen MR) is 144 cm³/mol. The van der Waals surface area contributed by atoms with Gasteiger partial charge in [-0.25, -0.2) is 4.90 Å². The standard InChI is InChI=1S/C31H16N2O5/c1-38-15-4-2-14(3-5-15)33-30(36)22-12-8-18-16-6-10-20-26-21(29(35)32-28(20)34)11-7-17(24(16)26)19-9-13-23(31(33)37)27(22)25(18)19/h2-13H,1H3,(H,32,34,35). The van der Waals surface area contributed by atoms with Crippen LogP contribution in [0.3, 0.4) is 0 Å². The van der Waals surface area contributed by atoms with E-state index in [1.807, 2.05) is 24.3 Å². The molecule has 2 heterocycles. The molecule has 2 aliphatic heterocycles. The lowest BCUT2D eigenvalue weighted by atomic mass is 9.82. The minimum Gasteiger partial charge on any atom is -0.497 e. The van der Waals surface area contributed by atoms with Crippen LogP contribution in [0.5, 0.6) is 5.75 Å². The largest absolute Gasteiger partial charge is 0.497 e. The molecule has 0 aliphatic carbocycles. The van der Waals surface area contributed by atoms with Crippen LogP contribution in [0.2, 0.25) is 0 Å². The zero-order valence-electron chi connectivity index (χ0n) is 19.9. The minimum absolute atomic E-state index is 0.394. The quantitative estimate of drug-likeness (QED) is 0.196. The van der Waals surface area contributed by atoms with Crippen LogP contribution in [0.4, 0.5) is 5.69 Å². The average Bonchev–Trinajstić information content (AvgIpc) is 2.94. The third kappa shape index (κ3) is 2.38. The van der Waals surface area contributed by atoms with Gasteiger partial charge in [-0.15, -0.1) is 0 Å². The molecule has 1 N–H and O–H groups in total. The molecule has 6 aromatic carbocycles. The van der Waals surface area contributed by atoms with Crippen molar-refractivity contribution in [3.63, 3.8) is 0 Å². The molecule has 0 saturated carbocycles. The van der Waals surface area contributed by atoms with E-state index in [1.54, 1.807) is 55.6 Å². The minimum atomic E-state index is -0.419. The highest BCUT2D eigenvalue weighted by Crippen LogP contribution is 2.46. The zero-order valence-corrected chi connectivity index (χ0v) is 19.9. The maximum atomic E-state index is 13.7. The smallest absolute Gasteiger partial charge is 0.265 e. The van der Waals surface area contributed by atoms with Gasteiger partial charge in [-0.05, 0) is 80.8 Å². The van der Waals surface area contributed by atoms with Gasteiger partial charge in [0.2, 0.25) is 0 Å². The van der Waals surface area contributed by atoms with Crippen molar-refractivity contribution in [1.82, 2.24) is 5.32 Å². The Morgan fingerprint density at radius 3 is 1.39 bits per heavy atom. The number of nitrogens with one attached hydrogen (secondary N) is 1. The highest BCUT2D eigenvalue weighted by molar-refractivity contribution is 6.43. The Kier molecular flexibility index (Phi) is 3.80. The van der Waals surface area contributed by atoms with E-state index in [-0.39, 0.29) is 0 Å². The first kappa shape index (κ1) is 20.8. The van der Waals surface area contributed by atoms with Crippen LogP contribution in [0, 0.1) is 0 Å². The lowest BCUT2D eigenvalue weighted by molar-refractivity contribution is 0.0840. The van der Waals surface area contributed by atoms with Crippen LogP contribution in [-0.2, 0) is 0 Å². The van der Waals surface area contributed by atoms with Gasteiger partial charge in [0.1, 0.15) is 5.75 Å². The Morgan fingerprint density at radius 2 is 0.947 bits per heavy atom. The van der Waals surface area contributed by atoms with Gasteiger partial charge in [0, 0.05) is 33.0 Å². The number of carbonyl (C=O) groups is 4. The summed E-state index contributed by atoms with van der Waals surface area (Å²) in [6.07, 6.45) is 0. The van der Waals surface area contributed by atoms with Crippen LogP contribution < -0.4 is 15.0 Å². The molecule has 0 atom stereocenters. The molecule has 4 amide bonds. The number of benzene rings is 6. The molecular formula is C31H16N2O5. The SMILES string of the molecule is COc1ccc(N2C(=O)c3ccc4c5ccc6c7c(ccc(c8ccc(c3c48)C2=O)c75)C(=O)NC6=O)cc1. The Morgan fingerprint density at radius 1 is 0.526 bits per heavy atom. The van der Waals surface area contributed by atoms with Gasteiger partial charge in [-0.1, -0.05) is 24.3 Å². The first-order valence-corrected chi connectivity index (χ1v) is 12.1. The summed E-state index contributed by atoms with van der Waals surface area (Å²) in [4.78, 5) is 53.9. The number of nitrogens with zero attached hydrogens (tertiary/aromatic N) is 1. The summed E-state index contributed by atoms with van der Waals surface area (Å²) in [5, 5.41) is 8.73. The summed E-state index contributed by atoms with van der Waals surface area (Å²) < 4.78 is 5.22. The monoisotopic (exact) mass is 496 g/mol. The number of rotatable bonds is 2. The maximum absolute atomic E-state index is 13.7. The van der Waals surface area contributed by atoms with Gasteiger partial charge in [-0.3, -0.25) is 24.5 Å². The summed E-state index contributed by atoms with van der Waals surface area (Å²) in [5.74, 6) is -0.999. The summed E-state index contributed by atoms with van der Waals surface area (Å²) in [6, 6.07) is 21.3. The van der Waals surface area contributed by atoms with Gasteiger partial charge >= 0.3 is 0 Å². The van der Waals surface area contributed by atoms with Crippen LogP contribution in [0.25, 0.3) is 43.1 Å². The van der Waals surface area contributed by atoms with Gasteiger partial charge in [0.05, 0.1) is 12.8 Å². The lowest BCUT2D eigenvalue weighted by Gasteiger charge is -2.29. The number of ether oxygens (including phenoxy) is 1. The molecule has 8 rings (SSSR count). The highest BCUT2D eigenvalue weighted by Gasteiger charge is 2.36. The summed E-state index contributed by atoms with van der Waals surface area (Å²) in [6.45, 7) is 0. The number of carbonyl (C=O) groups excluding carboxylic acids is 4. The number of imide groups is 2. The number of hydrogen-bond acceptors (Lipinski definition) is 5. The van der Waals surface area contributed by atoms with E-state index >= 15 is 0 Å². The lowest BCUT2D eigenvalue weighted by Crippen LogP contribution is -2.40. The Hall–Kier alpha value is -5.30. The molecule has 0 aromatic heterocycles. The van der Waals surface area contributed by atoms with E-state index in [0.717, 1.165) is 32.3 Å². The van der Waals surface area contributed by atoms with Crippen molar-refractivity contribution in [2.24, 2.45) is 0 Å². The van der Waals surface area contributed by atoms with Gasteiger partial charge < -0.3 is 4.74 Å². The predicted octanol–water partition coefficient (Wildman–Crippen LogP) is 5.43. The third-order valence-corrected chi connectivity index (χ3v) is 7.82. The van der Waals surface area contributed by atoms with Crippen LogP contribution >= 0.6 is 0 Å². The average molecular weight is 496 g/mol. The Bertz CT molecular complexity index is 1990. The molecule has 2 aliphatic rings. The van der Waals surface area contributed by atoms with Crippen molar-refractivity contribution in [3.8, 4) is 5.75 Å². The molecule has 0 radical (unpaired) electrons. The summed E-state index contributed by atoms with van der Waals surface area (Å²) in [7, 11) is 1.56. The topological polar surface area (TPSA) is 92.8 Å². The molecule has 6 aromatic rings. The molecule has 0 fully saturated rings. The highest BCUT2D eigenvalue weighted by atomic mass is 16.5.